The summed E-state index contributed by atoms with van der Waals surface area (Å²) in [5.74, 6) is 1.46. The summed E-state index contributed by atoms with van der Waals surface area (Å²) in [5.41, 5.74) is 11.1. The largest absolute Gasteiger partial charge is 0.382 e. The van der Waals surface area contributed by atoms with Gasteiger partial charge in [0.05, 0.1) is 25.1 Å². The lowest BCUT2D eigenvalue weighted by Crippen LogP contribution is -2.35. The van der Waals surface area contributed by atoms with Gasteiger partial charge in [-0.15, -0.1) is 0 Å². The standard InChI is InChI=1S/C30H39N9O/c1-20(2)39-30-22(17-34-39)4-10-28(37-30)36-29-15-27(35-24-7-5-23(31)6-8-24)25(18-33-29)26-9-3-21(16-32-26)19-38-11-13-40-14-12-38/h3-4,9-10,15-18,20,23-24H,5-8,11-14,19,31H2,1-2H3,(H2,33,35,36,37). The Morgan fingerprint density at radius 2 is 1.80 bits per heavy atom. The molecule has 1 saturated heterocycles. The molecule has 2 aliphatic rings. The first-order chi connectivity index (χ1) is 19.5. The lowest BCUT2D eigenvalue weighted by atomic mass is 9.91. The Morgan fingerprint density at radius 1 is 0.975 bits per heavy atom. The first-order valence-corrected chi connectivity index (χ1v) is 14.4. The Morgan fingerprint density at radius 3 is 2.55 bits per heavy atom. The van der Waals surface area contributed by atoms with Crippen LogP contribution in [0.25, 0.3) is 22.3 Å². The summed E-state index contributed by atoms with van der Waals surface area (Å²) in [6.07, 6.45) is 9.91. The smallest absolute Gasteiger partial charge is 0.160 e. The van der Waals surface area contributed by atoms with Crippen LogP contribution in [0.4, 0.5) is 17.3 Å². The van der Waals surface area contributed by atoms with Crippen LogP contribution in [0.2, 0.25) is 0 Å². The minimum atomic E-state index is 0.227. The van der Waals surface area contributed by atoms with Gasteiger partial charge in [-0.05, 0) is 63.3 Å². The number of morpholine rings is 1. The van der Waals surface area contributed by atoms with Gasteiger partial charge in [0.25, 0.3) is 0 Å². The lowest BCUT2D eigenvalue weighted by Gasteiger charge is -2.28. The maximum atomic E-state index is 6.18. The number of nitrogens with zero attached hydrogens (tertiary/aromatic N) is 6. The average Bonchev–Trinajstić information content (AvgIpc) is 3.39. The van der Waals surface area contributed by atoms with E-state index in [1.165, 1.54) is 5.56 Å². The van der Waals surface area contributed by atoms with E-state index in [4.69, 9.17) is 25.4 Å². The molecule has 1 saturated carbocycles. The van der Waals surface area contributed by atoms with Gasteiger partial charge < -0.3 is 21.1 Å². The predicted octanol–water partition coefficient (Wildman–Crippen LogP) is 4.73. The van der Waals surface area contributed by atoms with Crippen LogP contribution in [-0.4, -0.2) is 68.0 Å². The second kappa shape index (κ2) is 11.9. The Labute approximate surface area is 235 Å². The van der Waals surface area contributed by atoms with Gasteiger partial charge in [0.1, 0.15) is 11.6 Å². The number of ether oxygens (including phenoxy) is 1. The molecule has 0 atom stereocenters. The first-order valence-electron chi connectivity index (χ1n) is 14.4. The zero-order chi connectivity index (χ0) is 27.5. The van der Waals surface area contributed by atoms with Crippen molar-refractivity contribution in [3.63, 3.8) is 0 Å². The number of nitrogens with one attached hydrogen (secondary N) is 2. The van der Waals surface area contributed by atoms with Crippen LogP contribution in [0.1, 0.15) is 51.1 Å². The third-order valence-corrected chi connectivity index (χ3v) is 7.83. The number of nitrogens with two attached hydrogens (primary N) is 1. The van der Waals surface area contributed by atoms with Crippen molar-refractivity contribution in [1.82, 2.24) is 29.6 Å². The molecule has 40 heavy (non-hydrogen) atoms. The third kappa shape index (κ3) is 6.09. The van der Waals surface area contributed by atoms with Crippen molar-refractivity contribution >= 4 is 28.4 Å². The van der Waals surface area contributed by atoms with Crippen LogP contribution in [0.5, 0.6) is 0 Å². The SMILES string of the molecule is CC(C)n1ncc2ccc(Nc3cc(NC4CCC(N)CC4)c(-c4ccc(CN5CCOCC5)cn4)cn3)nc21. The topological polar surface area (TPSA) is 119 Å². The Kier molecular flexibility index (Phi) is 7.90. The minimum Gasteiger partial charge on any atom is -0.382 e. The summed E-state index contributed by atoms with van der Waals surface area (Å²) in [6, 6.07) is 11.2. The van der Waals surface area contributed by atoms with Gasteiger partial charge in [-0.1, -0.05) is 6.07 Å². The average molecular weight is 542 g/mol. The summed E-state index contributed by atoms with van der Waals surface area (Å²) >= 11 is 0. The lowest BCUT2D eigenvalue weighted by molar-refractivity contribution is 0.0341. The highest BCUT2D eigenvalue weighted by molar-refractivity contribution is 5.80. The van der Waals surface area contributed by atoms with Crippen molar-refractivity contribution in [2.75, 3.05) is 36.9 Å². The monoisotopic (exact) mass is 541 g/mol. The summed E-state index contributed by atoms with van der Waals surface area (Å²) in [4.78, 5) is 16.8. The number of aromatic nitrogens is 5. The van der Waals surface area contributed by atoms with E-state index in [9.17, 15) is 0 Å². The molecule has 0 spiro atoms. The number of rotatable bonds is 8. The van der Waals surface area contributed by atoms with Crippen LogP contribution < -0.4 is 16.4 Å². The van der Waals surface area contributed by atoms with Crippen molar-refractivity contribution in [3.8, 4) is 11.3 Å². The van der Waals surface area contributed by atoms with Crippen molar-refractivity contribution in [3.05, 3.63) is 54.5 Å². The van der Waals surface area contributed by atoms with Crippen molar-refractivity contribution in [2.45, 2.75) is 64.2 Å². The summed E-state index contributed by atoms with van der Waals surface area (Å²) < 4.78 is 7.42. The van der Waals surface area contributed by atoms with Gasteiger partial charge in [0.15, 0.2) is 5.65 Å². The van der Waals surface area contributed by atoms with Gasteiger partial charge >= 0.3 is 0 Å². The number of hydrogen-bond donors (Lipinski definition) is 3. The zero-order valence-corrected chi connectivity index (χ0v) is 23.4. The molecular formula is C30H39N9O. The second-order valence-electron chi connectivity index (χ2n) is 11.2. The Bertz CT molecular complexity index is 1420. The Hall–Kier alpha value is -3.60. The van der Waals surface area contributed by atoms with Crippen LogP contribution in [0, 0.1) is 0 Å². The van der Waals surface area contributed by atoms with E-state index >= 15 is 0 Å². The summed E-state index contributed by atoms with van der Waals surface area (Å²) in [6.45, 7) is 8.61. The second-order valence-corrected chi connectivity index (χ2v) is 11.2. The van der Waals surface area contributed by atoms with E-state index < -0.39 is 0 Å². The van der Waals surface area contributed by atoms with Gasteiger partial charge in [0.2, 0.25) is 0 Å². The molecule has 0 amide bonds. The highest BCUT2D eigenvalue weighted by Gasteiger charge is 2.21. The number of fused-ring (bicyclic) bond motifs is 1. The van der Waals surface area contributed by atoms with Crippen LogP contribution in [0.15, 0.2) is 48.9 Å². The first kappa shape index (κ1) is 26.6. The molecule has 4 aromatic heterocycles. The van der Waals surface area contributed by atoms with Gasteiger partial charge in [0, 0.05) is 72.9 Å². The van der Waals surface area contributed by atoms with Gasteiger partial charge in [-0.25, -0.2) is 14.6 Å². The molecular weight excluding hydrogens is 502 g/mol. The highest BCUT2D eigenvalue weighted by atomic mass is 16.5. The molecule has 1 aliphatic carbocycles. The summed E-state index contributed by atoms with van der Waals surface area (Å²) in [5, 5.41) is 12.7. The highest BCUT2D eigenvalue weighted by Crippen LogP contribution is 2.32. The maximum Gasteiger partial charge on any atom is 0.160 e. The molecule has 0 aromatic carbocycles. The van der Waals surface area contributed by atoms with Crippen LogP contribution in [0.3, 0.4) is 0 Å². The minimum absolute atomic E-state index is 0.227. The van der Waals surface area contributed by atoms with Gasteiger partial charge in [-0.3, -0.25) is 9.88 Å². The van der Waals surface area contributed by atoms with E-state index in [1.54, 1.807) is 0 Å². The van der Waals surface area contributed by atoms with Crippen LogP contribution in [-0.2, 0) is 11.3 Å². The van der Waals surface area contributed by atoms with Crippen molar-refractivity contribution in [2.24, 2.45) is 5.73 Å². The van der Waals surface area contributed by atoms with Crippen molar-refractivity contribution in [1.29, 1.82) is 0 Å². The fourth-order valence-electron chi connectivity index (χ4n) is 5.53. The molecule has 0 bridgehead atoms. The molecule has 4 aromatic rings. The Balaban J connectivity index is 1.26. The van der Waals surface area contributed by atoms with E-state index in [0.29, 0.717) is 12.1 Å². The van der Waals surface area contributed by atoms with Crippen molar-refractivity contribution < 1.29 is 4.74 Å². The number of pyridine rings is 3. The molecule has 0 unspecified atom stereocenters. The molecule has 0 radical (unpaired) electrons. The third-order valence-electron chi connectivity index (χ3n) is 7.83. The molecule has 2 fully saturated rings. The molecule has 6 rings (SSSR count). The number of anilines is 3. The molecule has 5 heterocycles. The quantitative estimate of drug-likeness (QED) is 0.291. The molecule has 1 aliphatic heterocycles. The fraction of sp³-hybridized carbons (Fsp3) is 0.467. The van der Waals surface area contributed by atoms with Gasteiger partial charge in [-0.2, -0.15) is 5.10 Å². The predicted molar refractivity (Wildman–Crippen MR) is 159 cm³/mol. The number of hydrogen-bond acceptors (Lipinski definition) is 9. The van der Waals surface area contributed by atoms with E-state index in [2.05, 4.69) is 52.7 Å². The summed E-state index contributed by atoms with van der Waals surface area (Å²) in [7, 11) is 0. The van der Waals surface area contributed by atoms with E-state index in [0.717, 1.165) is 98.1 Å². The molecule has 10 heteroatoms. The zero-order valence-electron chi connectivity index (χ0n) is 23.4. The fourth-order valence-corrected chi connectivity index (χ4v) is 5.53. The van der Waals surface area contributed by atoms with E-state index in [-0.39, 0.29) is 6.04 Å². The molecule has 210 valence electrons. The maximum absolute atomic E-state index is 6.18. The van der Waals surface area contributed by atoms with Crippen LogP contribution >= 0.6 is 0 Å². The normalized spacial score (nSPS) is 20.2. The molecule has 10 nitrogen and oxygen atoms in total. The van der Waals surface area contributed by atoms with E-state index in [1.807, 2.05) is 35.4 Å². The molecule has 4 N–H and O–H groups in total.